The molecule has 3 aliphatic rings. The molecule has 0 aromatic heterocycles. The molecule has 1 spiro atoms. The van der Waals surface area contributed by atoms with E-state index in [-0.39, 0.29) is 11.6 Å². The maximum absolute atomic E-state index is 11.2. The molecule has 0 aromatic rings. The van der Waals surface area contributed by atoms with Crippen molar-refractivity contribution in [3.63, 3.8) is 0 Å². The number of hydrogen-bond donors (Lipinski definition) is 2. The summed E-state index contributed by atoms with van der Waals surface area (Å²) >= 11 is 0. The minimum atomic E-state index is -0.627. The summed E-state index contributed by atoms with van der Waals surface area (Å²) in [7, 11) is 0. The van der Waals surface area contributed by atoms with E-state index in [1.165, 1.54) is 25.7 Å². The number of carboxylic acids is 1. The van der Waals surface area contributed by atoms with Crippen molar-refractivity contribution in [3.05, 3.63) is 0 Å². The van der Waals surface area contributed by atoms with Crippen LogP contribution in [0.25, 0.3) is 0 Å². The van der Waals surface area contributed by atoms with Gasteiger partial charge in [-0.2, -0.15) is 0 Å². The van der Waals surface area contributed by atoms with Crippen LogP contribution in [0, 0.1) is 0 Å². The molecule has 0 bridgehead atoms. The summed E-state index contributed by atoms with van der Waals surface area (Å²) in [5.74, 6) is -0.627. The van der Waals surface area contributed by atoms with Crippen LogP contribution in [-0.4, -0.2) is 46.7 Å². The van der Waals surface area contributed by atoms with E-state index < -0.39 is 5.97 Å². The molecule has 3 unspecified atom stereocenters. The molecular formula is C12H20N2O2. The zero-order valence-electron chi connectivity index (χ0n) is 9.61. The first-order valence-electron chi connectivity index (χ1n) is 6.44. The highest BCUT2D eigenvalue weighted by Crippen LogP contribution is 2.38. The molecule has 16 heavy (non-hydrogen) atoms. The van der Waals surface area contributed by atoms with E-state index in [4.69, 9.17) is 0 Å². The summed E-state index contributed by atoms with van der Waals surface area (Å²) in [5.41, 5.74) is 0.245. The standard InChI is InChI=1S/C12H20N2O2/c15-11(16)10-3-2-9-4-6-12(8-14(9)10)5-1-7-13-12/h9-10,13H,1-8H2,(H,15,16). The van der Waals surface area contributed by atoms with Crippen LogP contribution in [0.1, 0.15) is 38.5 Å². The van der Waals surface area contributed by atoms with Crippen LogP contribution in [-0.2, 0) is 4.79 Å². The quantitative estimate of drug-likeness (QED) is 0.692. The number of fused-ring (bicyclic) bond motifs is 1. The van der Waals surface area contributed by atoms with Gasteiger partial charge in [0.25, 0.3) is 0 Å². The van der Waals surface area contributed by atoms with Crippen LogP contribution >= 0.6 is 0 Å². The van der Waals surface area contributed by atoms with E-state index in [1.54, 1.807) is 0 Å². The average molecular weight is 224 g/mol. The predicted octanol–water partition coefficient (Wildman–Crippen LogP) is 0.820. The molecule has 4 heteroatoms. The van der Waals surface area contributed by atoms with Gasteiger partial charge in [-0.15, -0.1) is 0 Å². The van der Waals surface area contributed by atoms with Crippen LogP contribution in [0.3, 0.4) is 0 Å². The Morgan fingerprint density at radius 3 is 2.88 bits per heavy atom. The molecular weight excluding hydrogens is 204 g/mol. The van der Waals surface area contributed by atoms with Crippen LogP contribution in [0.4, 0.5) is 0 Å². The highest BCUT2D eigenvalue weighted by molar-refractivity contribution is 5.74. The summed E-state index contributed by atoms with van der Waals surface area (Å²) in [6.45, 7) is 2.06. The lowest BCUT2D eigenvalue weighted by Crippen LogP contribution is -2.58. The van der Waals surface area contributed by atoms with Crippen molar-refractivity contribution in [1.29, 1.82) is 0 Å². The summed E-state index contributed by atoms with van der Waals surface area (Å²) in [6.07, 6.45) is 6.80. The number of piperidine rings is 1. The Bertz CT molecular complexity index is 299. The van der Waals surface area contributed by atoms with Gasteiger partial charge >= 0.3 is 5.97 Å². The van der Waals surface area contributed by atoms with Crippen molar-refractivity contribution in [2.45, 2.75) is 56.1 Å². The monoisotopic (exact) mass is 224 g/mol. The second kappa shape index (κ2) is 3.70. The molecule has 3 rings (SSSR count). The Morgan fingerprint density at radius 2 is 2.19 bits per heavy atom. The van der Waals surface area contributed by atoms with Gasteiger partial charge in [-0.05, 0) is 45.1 Å². The number of carboxylic acid groups (broad SMARTS) is 1. The Morgan fingerprint density at radius 1 is 1.31 bits per heavy atom. The minimum absolute atomic E-state index is 0.218. The Balaban J connectivity index is 1.77. The molecule has 0 amide bonds. The third-order valence-corrected chi connectivity index (χ3v) is 4.70. The predicted molar refractivity (Wildman–Crippen MR) is 60.4 cm³/mol. The van der Waals surface area contributed by atoms with Gasteiger partial charge in [-0.3, -0.25) is 9.69 Å². The van der Waals surface area contributed by atoms with Crippen molar-refractivity contribution in [1.82, 2.24) is 10.2 Å². The minimum Gasteiger partial charge on any atom is -0.480 e. The van der Waals surface area contributed by atoms with Crippen LogP contribution in [0.2, 0.25) is 0 Å². The van der Waals surface area contributed by atoms with Gasteiger partial charge in [-0.1, -0.05) is 0 Å². The molecule has 0 aromatic carbocycles. The fraction of sp³-hybridized carbons (Fsp3) is 0.917. The fourth-order valence-electron chi connectivity index (χ4n) is 3.84. The molecule has 0 saturated carbocycles. The average Bonchev–Trinajstić information content (AvgIpc) is 2.85. The molecule has 3 fully saturated rings. The normalized spacial score (nSPS) is 43.8. The molecule has 3 heterocycles. The van der Waals surface area contributed by atoms with Crippen molar-refractivity contribution < 1.29 is 9.90 Å². The number of rotatable bonds is 1. The van der Waals surface area contributed by atoms with Gasteiger partial charge in [0, 0.05) is 18.1 Å². The second-order valence-electron chi connectivity index (χ2n) is 5.61. The van der Waals surface area contributed by atoms with Gasteiger partial charge in [0.15, 0.2) is 0 Å². The van der Waals surface area contributed by atoms with Gasteiger partial charge in [0.1, 0.15) is 6.04 Å². The molecule has 3 saturated heterocycles. The second-order valence-corrected chi connectivity index (χ2v) is 5.61. The summed E-state index contributed by atoms with van der Waals surface area (Å²) in [5, 5.41) is 12.8. The maximum atomic E-state index is 11.2. The summed E-state index contributed by atoms with van der Waals surface area (Å²) in [6, 6.07) is 0.318. The van der Waals surface area contributed by atoms with E-state index in [0.717, 1.165) is 25.9 Å². The van der Waals surface area contributed by atoms with Crippen molar-refractivity contribution in [3.8, 4) is 0 Å². The van der Waals surface area contributed by atoms with Crippen molar-refractivity contribution >= 4 is 5.97 Å². The molecule has 3 atom stereocenters. The number of hydrogen-bond acceptors (Lipinski definition) is 3. The zero-order chi connectivity index (χ0) is 11.2. The zero-order valence-corrected chi connectivity index (χ0v) is 9.61. The molecule has 4 nitrogen and oxygen atoms in total. The Hall–Kier alpha value is -0.610. The number of aliphatic carboxylic acids is 1. The highest BCUT2D eigenvalue weighted by Gasteiger charge is 2.47. The number of nitrogens with one attached hydrogen (secondary N) is 1. The number of nitrogens with zero attached hydrogens (tertiary/aromatic N) is 1. The van der Waals surface area contributed by atoms with E-state index in [2.05, 4.69) is 10.2 Å². The van der Waals surface area contributed by atoms with Gasteiger partial charge < -0.3 is 10.4 Å². The van der Waals surface area contributed by atoms with Gasteiger partial charge in [0.2, 0.25) is 0 Å². The van der Waals surface area contributed by atoms with Gasteiger partial charge in [0.05, 0.1) is 0 Å². The third kappa shape index (κ3) is 1.55. The van der Waals surface area contributed by atoms with E-state index in [9.17, 15) is 9.90 Å². The van der Waals surface area contributed by atoms with Crippen molar-refractivity contribution in [2.24, 2.45) is 0 Å². The van der Waals surface area contributed by atoms with E-state index in [0.29, 0.717) is 6.04 Å². The van der Waals surface area contributed by atoms with Crippen molar-refractivity contribution in [2.75, 3.05) is 13.1 Å². The molecule has 2 N–H and O–H groups in total. The lowest BCUT2D eigenvalue weighted by atomic mass is 9.85. The Labute approximate surface area is 96.0 Å². The first-order chi connectivity index (χ1) is 7.70. The van der Waals surface area contributed by atoms with Gasteiger partial charge in [-0.25, -0.2) is 0 Å². The highest BCUT2D eigenvalue weighted by atomic mass is 16.4. The summed E-state index contributed by atoms with van der Waals surface area (Å²) in [4.78, 5) is 13.5. The van der Waals surface area contributed by atoms with E-state index in [1.807, 2.05) is 0 Å². The SMILES string of the molecule is O=C(O)C1CCC2CCC3(CCCN3)CN21. The largest absolute Gasteiger partial charge is 0.480 e. The molecule has 0 aliphatic carbocycles. The lowest BCUT2D eigenvalue weighted by Gasteiger charge is -2.44. The first kappa shape index (κ1) is 10.5. The fourth-order valence-corrected chi connectivity index (χ4v) is 3.84. The molecule has 0 radical (unpaired) electrons. The molecule has 90 valence electrons. The third-order valence-electron chi connectivity index (χ3n) is 4.70. The van der Waals surface area contributed by atoms with E-state index >= 15 is 0 Å². The number of carbonyl (C=O) groups is 1. The van der Waals surface area contributed by atoms with Crippen LogP contribution in [0.15, 0.2) is 0 Å². The maximum Gasteiger partial charge on any atom is 0.320 e. The smallest absolute Gasteiger partial charge is 0.320 e. The van der Waals surface area contributed by atoms with Crippen LogP contribution in [0.5, 0.6) is 0 Å². The summed E-state index contributed by atoms with van der Waals surface area (Å²) < 4.78 is 0. The first-order valence-corrected chi connectivity index (χ1v) is 6.44. The lowest BCUT2D eigenvalue weighted by molar-refractivity contribution is -0.143. The molecule has 3 aliphatic heterocycles. The van der Waals surface area contributed by atoms with Crippen LogP contribution < -0.4 is 5.32 Å². The Kier molecular flexibility index (Phi) is 2.44. The topological polar surface area (TPSA) is 52.6 Å².